The number of hydrogen-bond acceptors (Lipinski definition) is 6. The van der Waals surface area contributed by atoms with Gasteiger partial charge in [-0.1, -0.05) is 289 Å². The van der Waals surface area contributed by atoms with E-state index in [4.69, 9.17) is 14.2 Å². The van der Waals surface area contributed by atoms with Gasteiger partial charge < -0.3 is 14.2 Å². The molecule has 83 heavy (non-hydrogen) atoms. The molecule has 0 aromatic carbocycles. The molecule has 0 bridgehead atoms. The first kappa shape index (κ1) is 78.3. The van der Waals surface area contributed by atoms with Crippen molar-refractivity contribution >= 4 is 17.9 Å². The first-order valence-corrected chi connectivity index (χ1v) is 34.3. The topological polar surface area (TPSA) is 78.9 Å². The Morgan fingerprint density at radius 3 is 0.759 bits per heavy atom. The van der Waals surface area contributed by atoms with Gasteiger partial charge in [-0.05, 0) is 141 Å². The highest BCUT2D eigenvalue weighted by atomic mass is 16.6. The number of carbonyl (C=O) groups excluding carboxylic acids is 3. The van der Waals surface area contributed by atoms with Crippen molar-refractivity contribution in [2.45, 2.75) is 309 Å². The third-order valence-corrected chi connectivity index (χ3v) is 14.3. The maximum absolute atomic E-state index is 13.0. The highest BCUT2D eigenvalue weighted by Gasteiger charge is 2.19. The number of unbranched alkanes of at least 4 members (excludes halogenated alkanes) is 26. The highest BCUT2D eigenvalue weighted by molar-refractivity contribution is 5.71. The Balaban J connectivity index is 4.49. The minimum absolute atomic E-state index is 0.102. The fraction of sp³-hybridized carbons (Fsp3) is 0.649. The van der Waals surface area contributed by atoms with Gasteiger partial charge in [0.2, 0.25) is 0 Å². The number of hydrogen-bond donors (Lipinski definition) is 0. The lowest BCUT2D eigenvalue weighted by Crippen LogP contribution is -2.30. The average Bonchev–Trinajstić information content (AvgIpc) is 3.50. The summed E-state index contributed by atoms with van der Waals surface area (Å²) in [6, 6.07) is 0. The molecule has 470 valence electrons. The minimum atomic E-state index is -0.808. The molecule has 0 saturated heterocycles. The van der Waals surface area contributed by atoms with Crippen LogP contribution < -0.4 is 0 Å². The third-order valence-electron chi connectivity index (χ3n) is 14.3. The lowest BCUT2D eigenvalue weighted by atomic mass is 10.1. The van der Waals surface area contributed by atoms with Gasteiger partial charge in [0.25, 0.3) is 0 Å². The van der Waals surface area contributed by atoms with Crippen LogP contribution in [0, 0.1) is 0 Å². The summed E-state index contributed by atoms with van der Waals surface area (Å²) in [6.07, 6.45) is 100.0. The minimum Gasteiger partial charge on any atom is -0.462 e. The normalized spacial score (nSPS) is 13.0. The van der Waals surface area contributed by atoms with Crippen molar-refractivity contribution in [1.29, 1.82) is 0 Å². The Labute approximate surface area is 512 Å². The molecule has 0 N–H and O–H groups in total. The molecule has 0 aliphatic rings. The van der Waals surface area contributed by atoms with Gasteiger partial charge in [0.05, 0.1) is 0 Å². The van der Waals surface area contributed by atoms with Crippen molar-refractivity contribution in [3.63, 3.8) is 0 Å². The maximum Gasteiger partial charge on any atom is 0.306 e. The first-order chi connectivity index (χ1) is 41.0. The molecule has 0 spiro atoms. The Morgan fingerprint density at radius 1 is 0.253 bits per heavy atom. The Morgan fingerprint density at radius 2 is 0.470 bits per heavy atom. The molecule has 0 aliphatic carbocycles. The van der Waals surface area contributed by atoms with Crippen LogP contribution in [0.4, 0.5) is 0 Å². The van der Waals surface area contributed by atoms with Gasteiger partial charge >= 0.3 is 17.9 Å². The summed E-state index contributed by atoms with van der Waals surface area (Å²) >= 11 is 0. The predicted molar refractivity (Wildman–Crippen MR) is 362 cm³/mol. The summed E-state index contributed by atoms with van der Waals surface area (Å²) in [5.41, 5.74) is 0. The molecule has 0 radical (unpaired) electrons. The van der Waals surface area contributed by atoms with E-state index in [1.807, 2.05) is 0 Å². The average molecular weight is 1150 g/mol. The second kappa shape index (κ2) is 69.8. The van der Waals surface area contributed by atoms with E-state index < -0.39 is 6.10 Å². The van der Waals surface area contributed by atoms with Crippen LogP contribution in [-0.2, 0) is 28.6 Å². The van der Waals surface area contributed by atoms with Gasteiger partial charge in [-0.3, -0.25) is 14.4 Å². The van der Waals surface area contributed by atoms with E-state index in [-0.39, 0.29) is 31.1 Å². The van der Waals surface area contributed by atoms with E-state index in [9.17, 15) is 14.4 Å². The third kappa shape index (κ3) is 68.0. The summed E-state index contributed by atoms with van der Waals surface area (Å²) in [4.78, 5) is 38.5. The largest absolute Gasteiger partial charge is 0.462 e. The molecule has 0 fully saturated rings. The second-order valence-corrected chi connectivity index (χ2v) is 22.3. The van der Waals surface area contributed by atoms with Crippen LogP contribution in [0.15, 0.2) is 146 Å². The Bertz CT molecular complexity index is 1800. The van der Waals surface area contributed by atoms with Gasteiger partial charge in [-0.2, -0.15) is 0 Å². The second-order valence-electron chi connectivity index (χ2n) is 22.3. The van der Waals surface area contributed by atoms with E-state index in [2.05, 4.69) is 167 Å². The molecule has 0 saturated carbocycles. The molecule has 6 heteroatoms. The van der Waals surface area contributed by atoms with Crippen LogP contribution >= 0.6 is 0 Å². The lowest BCUT2D eigenvalue weighted by molar-refractivity contribution is -0.167. The zero-order valence-electron chi connectivity index (χ0n) is 53.9. The van der Waals surface area contributed by atoms with Crippen LogP contribution in [0.3, 0.4) is 0 Å². The molecular weight excluding hydrogens is 1020 g/mol. The number of ether oxygens (including phenoxy) is 3. The molecule has 0 heterocycles. The van der Waals surface area contributed by atoms with Crippen LogP contribution in [0.25, 0.3) is 0 Å². The summed E-state index contributed by atoms with van der Waals surface area (Å²) in [5.74, 6) is -0.945. The molecule has 1 unspecified atom stereocenters. The van der Waals surface area contributed by atoms with Gasteiger partial charge in [-0.25, -0.2) is 0 Å². The van der Waals surface area contributed by atoms with Crippen LogP contribution in [-0.4, -0.2) is 37.2 Å². The zero-order chi connectivity index (χ0) is 59.9. The number of rotatable bonds is 61. The summed E-state index contributed by atoms with van der Waals surface area (Å²) in [6.45, 7) is 6.39. The molecule has 0 aliphatic heterocycles. The van der Waals surface area contributed by atoms with Crippen LogP contribution in [0.2, 0.25) is 0 Å². The number of allylic oxidation sites excluding steroid dienone is 24. The summed E-state index contributed by atoms with van der Waals surface area (Å²) in [7, 11) is 0. The van der Waals surface area contributed by atoms with Crippen molar-refractivity contribution in [3.8, 4) is 0 Å². The monoisotopic (exact) mass is 1150 g/mol. The maximum atomic E-state index is 13.0. The molecule has 0 amide bonds. The van der Waals surface area contributed by atoms with Gasteiger partial charge in [0.1, 0.15) is 13.2 Å². The van der Waals surface area contributed by atoms with Gasteiger partial charge in [0.15, 0.2) is 6.10 Å². The van der Waals surface area contributed by atoms with Crippen LogP contribution in [0.1, 0.15) is 303 Å². The van der Waals surface area contributed by atoms with E-state index >= 15 is 0 Å². The smallest absolute Gasteiger partial charge is 0.306 e. The molecule has 1 atom stereocenters. The van der Waals surface area contributed by atoms with E-state index in [0.717, 1.165) is 148 Å². The SMILES string of the molecule is CC/C=C\C/C=C\C/C=C\C/C=C\C/C=C\C/C=C\C/C=C\CCCCCC(=O)OCC(COC(=O)CCCCCCCC/C=C\C/C=C\C/C=C\C/C=C\CC)OC(=O)CCCCCCCCCCC/C=C\CCCCCCCCCC. The molecular formula is C77H126O6. The predicted octanol–water partition coefficient (Wildman–Crippen LogP) is 23.9. The van der Waals surface area contributed by atoms with Crippen molar-refractivity contribution in [2.24, 2.45) is 0 Å². The lowest BCUT2D eigenvalue weighted by Gasteiger charge is -2.18. The van der Waals surface area contributed by atoms with Crippen LogP contribution in [0.5, 0.6) is 0 Å². The van der Waals surface area contributed by atoms with Gasteiger partial charge in [0, 0.05) is 19.3 Å². The zero-order valence-corrected chi connectivity index (χ0v) is 53.9. The van der Waals surface area contributed by atoms with E-state index in [0.29, 0.717) is 19.3 Å². The van der Waals surface area contributed by atoms with E-state index in [1.165, 1.54) is 116 Å². The fourth-order valence-corrected chi connectivity index (χ4v) is 9.23. The van der Waals surface area contributed by atoms with Crippen molar-refractivity contribution in [2.75, 3.05) is 13.2 Å². The highest BCUT2D eigenvalue weighted by Crippen LogP contribution is 2.15. The molecule has 6 nitrogen and oxygen atoms in total. The fourth-order valence-electron chi connectivity index (χ4n) is 9.23. The quantitative estimate of drug-likeness (QED) is 0.0261. The Hall–Kier alpha value is -4.71. The Kier molecular flexibility index (Phi) is 65.8. The summed E-state index contributed by atoms with van der Waals surface area (Å²) < 4.78 is 16.9. The summed E-state index contributed by atoms with van der Waals surface area (Å²) in [5, 5.41) is 0. The van der Waals surface area contributed by atoms with Crippen molar-refractivity contribution < 1.29 is 28.6 Å². The molecule has 0 aromatic rings. The molecule has 0 rings (SSSR count). The first-order valence-electron chi connectivity index (χ1n) is 34.3. The number of esters is 3. The molecule has 0 aromatic heterocycles. The van der Waals surface area contributed by atoms with Crippen molar-refractivity contribution in [1.82, 2.24) is 0 Å². The van der Waals surface area contributed by atoms with E-state index in [1.54, 1.807) is 0 Å². The number of carbonyl (C=O) groups is 3. The standard InChI is InChI=1S/C77H126O6/c1-4-7-10-13-16-19-22-25-28-31-34-36-37-38-39-41-43-46-49-52-55-58-61-64-67-70-76(79)82-73-74(72-81-75(78)69-66-63-60-57-54-51-48-45-42-33-30-27-24-21-18-15-12-9-6-3)83-77(80)71-68-65-62-59-56-53-50-47-44-40-35-32-29-26-23-20-17-14-11-8-5-2/h7,9-10,12,16,18-19,21,25,27-28,30,32,34-36,38-39,42-43,45-46,52,55,74H,4-6,8,11,13-15,17,20,22-24,26,29,31,33,37,40-41,44,47-51,53-54,56-73H2,1-3H3/b10-7-,12-9-,19-16-,21-18-,28-25-,30-27-,35-32-,36-34-,39-38-,45-42-,46-43-,55-52-. The van der Waals surface area contributed by atoms with Crippen molar-refractivity contribution in [3.05, 3.63) is 146 Å². The van der Waals surface area contributed by atoms with Gasteiger partial charge in [-0.15, -0.1) is 0 Å².